The third-order valence-electron chi connectivity index (χ3n) is 6.11. The van der Waals surface area contributed by atoms with Crippen LogP contribution in [0.1, 0.15) is 43.5 Å². The fourth-order valence-corrected chi connectivity index (χ4v) is 4.84. The van der Waals surface area contributed by atoms with Gasteiger partial charge in [-0.3, -0.25) is 9.69 Å². The number of hydrogen-bond donors (Lipinski definition) is 2. The van der Waals surface area contributed by atoms with E-state index in [1.54, 1.807) is 20.8 Å². The van der Waals surface area contributed by atoms with Crippen LogP contribution >= 0.6 is 0 Å². The Morgan fingerprint density at radius 1 is 1.00 bits per heavy atom. The predicted molar refractivity (Wildman–Crippen MR) is 130 cm³/mol. The fourth-order valence-electron chi connectivity index (χ4n) is 4.16. The Morgan fingerprint density at radius 3 is 2.07 bits per heavy atom. The highest BCUT2D eigenvalue weighted by Crippen LogP contribution is 2.50. The molecule has 0 saturated heterocycles. The van der Waals surface area contributed by atoms with E-state index in [9.17, 15) is 53.8 Å². The summed E-state index contributed by atoms with van der Waals surface area (Å²) in [7, 11) is -3.66. The first-order valence-corrected chi connectivity index (χ1v) is 13.7. The highest BCUT2D eigenvalue weighted by Gasteiger charge is 2.71. The summed E-state index contributed by atoms with van der Waals surface area (Å²) >= 11 is 0. The van der Waals surface area contributed by atoms with Crippen LogP contribution in [0.4, 0.5) is 41.2 Å². The number of fused-ring (bicyclic) bond motifs is 1. The predicted octanol–water partition coefficient (Wildman–Crippen LogP) is 5.01. The van der Waals surface area contributed by atoms with Crippen molar-refractivity contribution in [2.24, 2.45) is 0 Å². The van der Waals surface area contributed by atoms with Crippen molar-refractivity contribution in [1.29, 1.82) is 0 Å². The van der Waals surface area contributed by atoms with Crippen LogP contribution in [0.3, 0.4) is 0 Å². The average Bonchev–Trinajstić information content (AvgIpc) is 2.80. The summed E-state index contributed by atoms with van der Waals surface area (Å²) in [5, 5.41) is 11.6. The van der Waals surface area contributed by atoms with Gasteiger partial charge in [-0.15, -0.1) is 0 Å². The van der Waals surface area contributed by atoms with Crippen molar-refractivity contribution in [2.75, 3.05) is 18.1 Å². The highest BCUT2D eigenvalue weighted by atomic mass is 32.2. The minimum Gasteiger partial charge on any atom is -0.444 e. The largest absolute Gasteiger partial charge is 0.444 e. The van der Waals surface area contributed by atoms with E-state index < -0.39 is 68.5 Å². The molecule has 1 unspecified atom stereocenters. The Bertz CT molecular complexity index is 1450. The number of sulfone groups is 1. The van der Waals surface area contributed by atoms with Crippen LogP contribution in [0, 0.1) is 5.82 Å². The maximum Gasteiger partial charge on any atom is 0.430 e. The summed E-state index contributed by atoms with van der Waals surface area (Å²) in [6, 6.07) is 2.52. The molecule has 0 fully saturated rings. The summed E-state index contributed by atoms with van der Waals surface area (Å²) in [4.78, 5) is 27.2. The number of carbonyl (C=O) groups is 2. The second-order valence-corrected chi connectivity index (χ2v) is 12.4. The van der Waals surface area contributed by atoms with Gasteiger partial charge in [-0.2, -0.15) is 26.3 Å². The maximum atomic E-state index is 14.8. The van der Waals surface area contributed by atoms with Crippen LogP contribution in [0.25, 0.3) is 0 Å². The van der Waals surface area contributed by atoms with Crippen LogP contribution in [0.15, 0.2) is 41.3 Å². The number of nitrogens with zero attached hydrogens (tertiary/aromatic N) is 1. The van der Waals surface area contributed by atoms with Crippen molar-refractivity contribution < 1.29 is 58.6 Å². The Labute approximate surface area is 230 Å². The topological polar surface area (TPSA) is 113 Å². The summed E-state index contributed by atoms with van der Waals surface area (Å²) in [5.74, 6) is -2.87. The summed E-state index contributed by atoms with van der Waals surface area (Å²) in [5.41, 5.74) is -8.64. The molecule has 226 valence electrons. The zero-order chi connectivity index (χ0) is 31.3. The van der Waals surface area contributed by atoms with Gasteiger partial charge in [0.1, 0.15) is 17.5 Å². The average molecular weight is 615 g/mol. The molecule has 0 saturated carbocycles. The molecule has 0 spiro atoms. The second-order valence-electron chi connectivity index (χ2n) is 10.3. The zero-order valence-corrected chi connectivity index (χ0v) is 22.8. The third-order valence-corrected chi connectivity index (χ3v) is 7.22. The van der Waals surface area contributed by atoms with Crippen molar-refractivity contribution in [2.45, 2.75) is 61.7 Å². The van der Waals surface area contributed by atoms with Crippen molar-refractivity contribution in [1.82, 2.24) is 4.90 Å². The number of aliphatic hydroxyl groups is 1. The Balaban J connectivity index is 2.05. The molecule has 3 rings (SSSR count). The molecule has 16 heteroatoms. The van der Waals surface area contributed by atoms with Crippen LogP contribution < -0.4 is 5.32 Å². The first-order valence-electron chi connectivity index (χ1n) is 11.8. The van der Waals surface area contributed by atoms with Crippen molar-refractivity contribution in [3.05, 3.63) is 58.9 Å². The van der Waals surface area contributed by atoms with Gasteiger partial charge in [0.25, 0.3) is 11.5 Å². The SMILES string of the molecule is CC(C)(C)OC(=O)N1CCc2cc(S(C)(=O)=O)ccc2C1C(=O)Nc1ccc(C(O)(C(F)(F)F)C(F)(F)F)cc1F. The molecular formula is C25H25F7N2O6S. The lowest BCUT2D eigenvalue weighted by Crippen LogP contribution is -2.54. The molecule has 2 aromatic rings. The lowest BCUT2D eigenvalue weighted by molar-refractivity contribution is -0.376. The quantitative estimate of drug-likeness (QED) is 0.468. The Hall–Kier alpha value is -3.40. The number of benzene rings is 2. The Kier molecular flexibility index (Phi) is 8.19. The molecule has 0 aromatic heterocycles. The third kappa shape index (κ3) is 6.42. The molecule has 41 heavy (non-hydrogen) atoms. The molecule has 1 aliphatic rings. The van der Waals surface area contributed by atoms with E-state index in [0.717, 1.165) is 11.2 Å². The molecule has 0 radical (unpaired) electrons. The van der Waals surface area contributed by atoms with Crippen LogP contribution in [-0.4, -0.2) is 61.2 Å². The van der Waals surface area contributed by atoms with Crippen molar-refractivity contribution in [3.8, 4) is 0 Å². The number of hydrogen-bond acceptors (Lipinski definition) is 6. The molecule has 2 N–H and O–H groups in total. The van der Waals surface area contributed by atoms with E-state index in [1.807, 2.05) is 5.32 Å². The minimum absolute atomic E-state index is 0.0791. The smallest absolute Gasteiger partial charge is 0.430 e. The van der Waals surface area contributed by atoms with Crippen molar-refractivity contribution in [3.63, 3.8) is 0 Å². The summed E-state index contributed by atoms with van der Waals surface area (Å²) < 4.78 is 123. The number of amides is 2. The molecule has 2 amide bonds. The number of halogens is 7. The van der Waals surface area contributed by atoms with Crippen LogP contribution in [0.5, 0.6) is 0 Å². The molecule has 0 bridgehead atoms. The number of carbonyl (C=O) groups excluding carboxylic acids is 2. The lowest BCUT2D eigenvalue weighted by atomic mass is 9.91. The number of rotatable bonds is 4. The first kappa shape index (κ1) is 32.1. The van der Waals surface area contributed by atoms with E-state index in [0.29, 0.717) is 11.6 Å². The first-order chi connectivity index (χ1) is 18.5. The number of anilines is 1. The second kappa shape index (κ2) is 10.5. The van der Waals surface area contributed by atoms with Crippen LogP contribution in [0.2, 0.25) is 0 Å². The molecule has 0 aliphatic carbocycles. The molecule has 1 heterocycles. The zero-order valence-electron chi connectivity index (χ0n) is 21.9. The normalized spacial score (nSPS) is 16.7. The number of nitrogens with one attached hydrogen (secondary N) is 1. The molecule has 1 atom stereocenters. The van der Waals surface area contributed by atoms with Gasteiger partial charge >= 0.3 is 18.4 Å². The summed E-state index contributed by atoms with van der Waals surface area (Å²) in [6.45, 7) is 4.50. The van der Waals surface area contributed by atoms with E-state index in [4.69, 9.17) is 4.74 Å². The van der Waals surface area contributed by atoms with E-state index >= 15 is 0 Å². The monoisotopic (exact) mass is 614 g/mol. The standard InChI is InChI=1S/C25H25F7N2O6S/c1-22(2,3)40-21(36)34-10-9-13-11-15(41(4,38)39)6-7-16(13)19(34)20(35)33-18-8-5-14(12-17(18)26)23(37,24(27,28)29)25(30,31)32/h5-8,11-12,19,37H,9-10H2,1-4H3,(H,33,35). The fraction of sp³-hybridized carbons (Fsp3) is 0.440. The van der Waals surface area contributed by atoms with Gasteiger partial charge in [-0.1, -0.05) is 12.1 Å². The van der Waals surface area contributed by atoms with E-state index in [2.05, 4.69) is 0 Å². The minimum atomic E-state index is -6.26. The van der Waals surface area contributed by atoms with Gasteiger partial charge in [0.05, 0.1) is 10.6 Å². The van der Waals surface area contributed by atoms with Gasteiger partial charge < -0.3 is 15.2 Å². The van der Waals surface area contributed by atoms with Gasteiger partial charge in [-0.05, 0) is 62.6 Å². The summed E-state index contributed by atoms with van der Waals surface area (Å²) in [6.07, 6.45) is -12.4. The van der Waals surface area contributed by atoms with E-state index in [-0.39, 0.29) is 35.6 Å². The Morgan fingerprint density at radius 2 is 1.59 bits per heavy atom. The van der Waals surface area contributed by atoms with Crippen LogP contribution in [-0.2, 0) is 31.4 Å². The molecule has 8 nitrogen and oxygen atoms in total. The van der Waals surface area contributed by atoms with Gasteiger partial charge in [0.15, 0.2) is 9.84 Å². The molecule has 1 aliphatic heterocycles. The highest BCUT2D eigenvalue weighted by molar-refractivity contribution is 7.90. The van der Waals surface area contributed by atoms with Gasteiger partial charge in [-0.25, -0.2) is 17.6 Å². The number of ether oxygens (including phenoxy) is 1. The molecule has 2 aromatic carbocycles. The lowest BCUT2D eigenvalue weighted by Gasteiger charge is -2.37. The maximum absolute atomic E-state index is 14.8. The van der Waals surface area contributed by atoms with Gasteiger partial charge in [0.2, 0.25) is 0 Å². The van der Waals surface area contributed by atoms with Gasteiger partial charge in [0, 0.05) is 18.4 Å². The van der Waals surface area contributed by atoms with Crippen molar-refractivity contribution >= 4 is 27.5 Å². The number of alkyl halides is 6. The molecular weight excluding hydrogens is 589 g/mol. The van der Waals surface area contributed by atoms with E-state index in [1.165, 1.54) is 18.2 Å².